The van der Waals surface area contributed by atoms with Crippen molar-refractivity contribution in [2.45, 2.75) is 32.9 Å². The van der Waals surface area contributed by atoms with Crippen molar-refractivity contribution in [1.82, 2.24) is 9.80 Å². The molecule has 2 heterocycles. The molecule has 154 valence electrons. The van der Waals surface area contributed by atoms with E-state index >= 15 is 0 Å². The molecule has 1 fully saturated rings. The topological polar surface area (TPSA) is 51.2 Å². The smallest absolute Gasteiger partial charge is 0.263 e. The lowest BCUT2D eigenvalue weighted by atomic mass is 10.1. The number of carbonyl (C=O) groups excluding carboxylic acids is 1. The minimum absolute atomic E-state index is 0.0803. The van der Waals surface area contributed by atoms with Gasteiger partial charge in [-0.05, 0) is 48.7 Å². The molecule has 0 bridgehead atoms. The number of ether oxygens (including phenoxy) is 3. The molecule has 6 nitrogen and oxygen atoms in total. The number of rotatable bonds is 6. The van der Waals surface area contributed by atoms with Crippen LogP contribution in [0.5, 0.6) is 17.2 Å². The van der Waals surface area contributed by atoms with Crippen LogP contribution in [0.3, 0.4) is 0 Å². The third kappa shape index (κ3) is 4.65. The Balaban J connectivity index is 1.30. The summed E-state index contributed by atoms with van der Waals surface area (Å²) in [4.78, 5) is 17.3. The molecular formula is C23H28N2O4. The zero-order valence-electron chi connectivity index (χ0n) is 17.1. The fourth-order valence-corrected chi connectivity index (χ4v) is 3.79. The van der Waals surface area contributed by atoms with E-state index in [-0.39, 0.29) is 5.91 Å². The van der Waals surface area contributed by atoms with Crippen LogP contribution in [0, 0.1) is 6.92 Å². The first-order chi connectivity index (χ1) is 14.1. The lowest BCUT2D eigenvalue weighted by Crippen LogP contribution is -2.52. The van der Waals surface area contributed by atoms with Crippen molar-refractivity contribution in [3.8, 4) is 17.2 Å². The molecule has 2 aliphatic heterocycles. The Hall–Kier alpha value is -2.73. The van der Waals surface area contributed by atoms with Crippen molar-refractivity contribution in [1.29, 1.82) is 0 Å². The quantitative estimate of drug-likeness (QED) is 0.750. The first-order valence-electron chi connectivity index (χ1n) is 10.3. The van der Waals surface area contributed by atoms with Crippen molar-refractivity contribution >= 4 is 5.91 Å². The lowest BCUT2D eigenvalue weighted by molar-refractivity contribution is -0.140. The molecule has 0 N–H and O–H groups in total. The monoisotopic (exact) mass is 396 g/mol. The van der Waals surface area contributed by atoms with E-state index in [1.807, 2.05) is 55.1 Å². The largest absolute Gasteiger partial charge is 0.481 e. The second-order valence-electron chi connectivity index (χ2n) is 7.62. The molecule has 2 aromatic rings. The number of benzene rings is 2. The number of aryl methyl sites for hydroxylation is 1. The number of piperazine rings is 1. The molecule has 0 radical (unpaired) electrons. The fourth-order valence-electron chi connectivity index (χ4n) is 3.79. The van der Waals surface area contributed by atoms with Gasteiger partial charge in [-0.15, -0.1) is 0 Å². The van der Waals surface area contributed by atoms with E-state index in [0.717, 1.165) is 55.5 Å². The maximum atomic E-state index is 13.0. The highest BCUT2D eigenvalue weighted by Crippen LogP contribution is 2.32. The maximum Gasteiger partial charge on any atom is 0.263 e. The summed E-state index contributed by atoms with van der Waals surface area (Å²) >= 11 is 0. The molecule has 6 heteroatoms. The van der Waals surface area contributed by atoms with Gasteiger partial charge in [-0.25, -0.2) is 0 Å². The predicted molar refractivity (Wildman–Crippen MR) is 110 cm³/mol. The summed E-state index contributed by atoms with van der Waals surface area (Å²) in [6.45, 7) is 8.29. The molecule has 0 spiro atoms. The Morgan fingerprint density at radius 1 is 1.07 bits per heavy atom. The third-order valence-electron chi connectivity index (χ3n) is 5.44. The van der Waals surface area contributed by atoms with Gasteiger partial charge in [0, 0.05) is 32.7 Å². The molecule has 2 aliphatic rings. The number of nitrogens with zero attached hydrogens (tertiary/aromatic N) is 2. The average Bonchev–Trinajstić information content (AvgIpc) is 3.20. The van der Waals surface area contributed by atoms with Crippen LogP contribution in [-0.4, -0.2) is 54.8 Å². The van der Waals surface area contributed by atoms with Crippen LogP contribution < -0.4 is 14.2 Å². The molecule has 4 rings (SSSR count). The van der Waals surface area contributed by atoms with Crippen molar-refractivity contribution in [2.75, 3.05) is 33.0 Å². The van der Waals surface area contributed by atoms with Crippen molar-refractivity contribution in [3.05, 3.63) is 53.6 Å². The van der Waals surface area contributed by atoms with Crippen molar-refractivity contribution in [2.24, 2.45) is 0 Å². The molecule has 1 saturated heterocycles. The number of fused-ring (bicyclic) bond motifs is 1. The van der Waals surface area contributed by atoms with E-state index in [9.17, 15) is 4.79 Å². The number of amides is 1. The Morgan fingerprint density at radius 3 is 2.62 bits per heavy atom. The van der Waals surface area contributed by atoms with E-state index in [1.54, 1.807) is 0 Å². The highest BCUT2D eigenvalue weighted by molar-refractivity contribution is 5.81. The molecule has 0 aromatic heterocycles. The van der Waals surface area contributed by atoms with Gasteiger partial charge in [-0.2, -0.15) is 0 Å². The van der Waals surface area contributed by atoms with Gasteiger partial charge in [0.25, 0.3) is 5.91 Å². The number of hydrogen-bond donors (Lipinski definition) is 0. The SMILES string of the molecule is CCC(Oc1cccc(C)c1)C(=O)N1CCN(Cc2ccc3c(c2)OCO3)CC1. The van der Waals surface area contributed by atoms with Gasteiger partial charge in [-0.1, -0.05) is 25.1 Å². The summed E-state index contributed by atoms with van der Waals surface area (Å²) in [6.07, 6.45) is 0.224. The van der Waals surface area contributed by atoms with Crippen LogP contribution in [0.25, 0.3) is 0 Å². The van der Waals surface area contributed by atoms with Crippen LogP contribution in [0.1, 0.15) is 24.5 Å². The summed E-state index contributed by atoms with van der Waals surface area (Å²) in [6, 6.07) is 13.9. The number of hydrogen-bond acceptors (Lipinski definition) is 5. The van der Waals surface area contributed by atoms with Crippen LogP contribution in [0.15, 0.2) is 42.5 Å². The van der Waals surface area contributed by atoms with Crippen LogP contribution >= 0.6 is 0 Å². The molecule has 29 heavy (non-hydrogen) atoms. The third-order valence-corrected chi connectivity index (χ3v) is 5.44. The molecule has 0 aliphatic carbocycles. The highest BCUT2D eigenvalue weighted by atomic mass is 16.7. The summed E-state index contributed by atoms with van der Waals surface area (Å²) in [5.74, 6) is 2.46. The molecule has 2 aromatic carbocycles. The highest BCUT2D eigenvalue weighted by Gasteiger charge is 2.28. The van der Waals surface area contributed by atoms with Gasteiger partial charge >= 0.3 is 0 Å². The molecular weight excluding hydrogens is 368 g/mol. The van der Waals surface area contributed by atoms with Gasteiger partial charge in [0.1, 0.15) is 5.75 Å². The Morgan fingerprint density at radius 2 is 1.86 bits per heavy atom. The van der Waals surface area contributed by atoms with Gasteiger partial charge in [-0.3, -0.25) is 9.69 Å². The van der Waals surface area contributed by atoms with E-state index in [4.69, 9.17) is 14.2 Å². The molecule has 0 saturated carbocycles. The summed E-state index contributed by atoms with van der Waals surface area (Å²) in [5.41, 5.74) is 2.32. The van der Waals surface area contributed by atoms with Gasteiger partial charge in [0.05, 0.1) is 0 Å². The first-order valence-corrected chi connectivity index (χ1v) is 10.3. The summed E-state index contributed by atoms with van der Waals surface area (Å²) < 4.78 is 16.8. The van der Waals surface area contributed by atoms with Crippen molar-refractivity contribution < 1.29 is 19.0 Å². The Kier molecular flexibility index (Phi) is 5.90. The minimum atomic E-state index is -0.433. The van der Waals surface area contributed by atoms with Crippen molar-refractivity contribution in [3.63, 3.8) is 0 Å². The van der Waals surface area contributed by atoms with Crippen LogP contribution in [0.2, 0.25) is 0 Å². The van der Waals surface area contributed by atoms with Crippen LogP contribution in [0.4, 0.5) is 0 Å². The van der Waals surface area contributed by atoms with E-state index in [2.05, 4.69) is 11.0 Å². The maximum absolute atomic E-state index is 13.0. The summed E-state index contributed by atoms with van der Waals surface area (Å²) in [5, 5.41) is 0. The van der Waals surface area contributed by atoms with Gasteiger partial charge in [0.15, 0.2) is 17.6 Å². The zero-order valence-corrected chi connectivity index (χ0v) is 17.1. The minimum Gasteiger partial charge on any atom is -0.481 e. The normalized spacial score (nSPS) is 17.2. The van der Waals surface area contributed by atoms with E-state index in [0.29, 0.717) is 13.2 Å². The average molecular weight is 396 g/mol. The predicted octanol–water partition coefficient (Wildman–Crippen LogP) is 3.23. The molecule has 1 atom stereocenters. The van der Waals surface area contributed by atoms with Gasteiger partial charge < -0.3 is 19.1 Å². The Labute approximate surface area is 172 Å². The Bertz CT molecular complexity index is 862. The standard InChI is InChI=1S/C23H28N2O4/c1-3-20(29-19-6-4-5-17(2)13-19)23(26)25-11-9-24(10-12-25)15-18-7-8-21-22(14-18)28-16-27-21/h4-8,13-14,20H,3,9-12,15-16H2,1-2H3. The zero-order chi connectivity index (χ0) is 20.2. The molecule has 1 amide bonds. The van der Waals surface area contributed by atoms with Crippen LogP contribution in [-0.2, 0) is 11.3 Å². The van der Waals surface area contributed by atoms with E-state index in [1.165, 1.54) is 5.56 Å². The molecule has 1 unspecified atom stereocenters. The fraction of sp³-hybridized carbons (Fsp3) is 0.435. The van der Waals surface area contributed by atoms with E-state index < -0.39 is 6.10 Å². The second kappa shape index (κ2) is 8.74. The number of carbonyl (C=O) groups is 1. The first kappa shape index (κ1) is 19.6. The second-order valence-corrected chi connectivity index (χ2v) is 7.62. The van der Waals surface area contributed by atoms with Gasteiger partial charge in [0.2, 0.25) is 6.79 Å². The summed E-state index contributed by atoms with van der Waals surface area (Å²) in [7, 11) is 0. The lowest BCUT2D eigenvalue weighted by Gasteiger charge is -2.36.